The van der Waals surface area contributed by atoms with Crippen LogP contribution in [-0.2, 0) is 16.8 Å². The van der Waals surface area contributed by atoms with E-state index in [0.29, 0.717) is 31.6 Å². The summed E-state index contributed by atoms with van der Waals surface area (Å²) in [6.45, 7) is 0.573. The molecule has 2 aromatic rings. The van der Waals surface area contributed by atoms with E-state index in [4.69, 9.17) is 4.74 Å². The first kappa shape index (κ1) is 20.6. The number of rotatable bonds is 6. The second kappa shape index (κ2) is 8.59. The fraction of sp³-hybridized carbons (Fsp3) is 0.440. The molecular weight excluding hydrogens is 376 g/mol. The molecule has 2 fully saturated rings. The number of carbonyl (C=O) groups excluding carboxylic acids is 1. The SMILES string of the molecule is COc1ccccc1[C@]1(O)C[C@H](CC#N)C[C@H]2C(C(=O)Cc3ccccc3)NC[C@H]21. The van der Waals surface area contributed by atoms with Crippen LogP contribution in [0.1, 0.15) is 30.4 Å². The van der Waals surface area contributed by atoms with Crippen LogP contribution in [0.2, 0.25) is 0 Å². The van der Waals surface area contributed by atoms with Gasteiger partial charge in [0.05, 0.1) is 24.8 Å². The van der Waals surface area contributed by atoms with Gasteiger partial charge in [0.15, 0.2) is 5.78 Å². The maximum absolute atomic E-state index is 13.2. The number of aliphatic hydroxyl groups is 1. The van der Waals surface area contributed by atoms with Crippen LogP contribution >= 0.6 is 0 Å². The summed E-state index contributed by atoms with van der Waals surface area (Å²) in [4.78, 5) is 13.2. The maximum atomic E-state index is 13.2. The summed E-state index contributed by atoms with van der Waals surface area (Å²) >= 11 is 0. The highest BCUT2D eigenvalue weighted by Gasteiger charge is 2.55. The molecule has 4 rings (SSSR count). The Kier molecular flexibility index (Phi) is 5.90. The number of Topliss-reactive ketones (excluding diaryl/α,β-unsaturated/α-hetero) is 1. The van der Waals surface area contributed by atoms with E-state index in [9.17, 15) is 15.2 Å². The highest BCUT2D eigenvalue weighted by atomic mass is 16.5. The van der Waals surface area contributed by atoms with Crippen molar-refractivity contribution in [2.24, 2.45) is 17.8 Å². The van der Waals surface area contributed by atoms with Gasteiger partial charge in [0.2, 0.25) is 0 Å². The molecule has 1 unspecified atom stereocenters. The molecule has 1 aliphatic heterocycles. The van der Waals surface area contributed by atoms with Crippen LogP contribution in [0.15, 0.2) is 54.6 Å². The molecule has 156 valence electrons. The number of hydrogen-bond donors (Lipinski definition) is 2. The van der Waals surface area contributed by atoms with E-state index in [-0.39, 0.29) is 29.6 Å². The Morgan fingerprint density at radius 2 is 1.97 bits per heavy atom. The Labute approximate surface area is 177 Å². The summed E-state index contributed by atoms with van der Waals surface area (Å²) in [5.74, 6) is 0.721. The van der Waals surface area contributed by atoms with Crippen LogP contribution in [0.25, 0.3) is 0 Å². The average molecular weight is 405 g/mol. The summed E-state index contributed by atoms with van der Waals surface area (Å²) in [5, 5.41) is 24.7. The van der Waals surface area contributed by atoms with E-state index in [1.165, 1.54) is 0 Å². The fourth-order valence-corrected chi connectivity index (χ4v) is 5.53. The third kappa shape index (κ3) is 3.74. The molecular formula is C25H28N2O3. The molecule has 2 aliphatic rings. The number of fused-ring (bicyclic) bond motifs is 1. The Bertz CT molecular complexity index is 939. The average Bonchev–Trinajstić information content (AvgIpc) is 3.20. The zero-order valence-electron chi connectivity index (χ0n) is 17.3. The van der Waals surface area contributed by atoms with Gasteiger partial charge in [-0.1, -0.05) is 48.5 Å². The van der Waals surface area contributed by atoms with E-state index < -0.39 is 5.60 Å². The molecule has 0 amide bonds. The third-order valence-corrected chi connectivity index (χ3v) is 6.84. The van der Waals surface area contributed by atoms with Crippen molar-refractivity contribution in [3.8, 4) is 11.8 Å². The molecule has 1 saturated heterocycles. The highest BCUT2D eigenvalue weighted by molar-refractivity contribution is 5.86. The zero-order valence-corrected chi connectivity index (χ0v) is 17.3. The topological polar surface area (TPSA) is 82.3 Å². The van der Waals surface area contributed by atoms with Crippen LogP contribution in [0.4, 0.5) is 0 Å². The van der Waals surface area contributed by atoms with Gasteiger partial charge in [0.25, 0.3) is 0 Å². The summed E-state index contributed by atoms with van der Waals surface area (Å²) in [5.41, 5.74) is 0.617. The van der Waals surface area contributed by atoms with Crippen molar-refractivity contribution in [3.05, 3.63) is 65.7 Å². The Morgan fingerprint density at radius 3 is 2.70 bits per heavy atom. The monoisotopic (exact) mass is 404 g/mol. The second-order valence-electron chi connectivity index (χ2n) is 8.58. The number of ether oxygens (including phenoxy) is 1. The smallest absolute Gasteiger partial charge is 0.154 e. The number of para-hydroxylation sites is 1. The predicted octanol–water partition coefficient (Wildman–Crippen LogP) is 3.22. The van der Waals surface area contributed by atoms with Gasteiger partial charge in [-0.2, -0.15) is 5.26 Å². The van der Waals surface area contributed by atoms with E-state index in [1.54, 1.807) is 7.11 Å². The van der Waals surface area contributed by atoms with Crippen LogP contribution in [-0.4, -0.2) is 30.6 Å². The number of nitrogens with one attached hydrogen (secondary N) is 1. The summed E-state index contributed by atoms with van der Waals surface area (Å²) in [7, 11) is 1.61. The first-order chi connectivity index (χ1) is 14.6. The number of ketones is 1. The van der Waals surface area contributed by atoms with E-state index >= 15 is 0 Å². The summed E-state index contributed by atoms with van der Waals surface area (Å²) < 4.78 is 5.55. The van der Waals surface area contributed by atoms with Gasteiger partial charge in [-0.15, -0.1) is 0 Å². The number of methoxy groups -OCH3 is 1. The van der Waals surface area contributed by atoms with Gasteiger partial charge in [-0.05, 0) is 36.3 Å². The molecule has 0 aromatic heterocycles. The Hall–Kier alpha value is -2.68. The van der Waals surface area contributed by atoms with Crippen molar-refractivity contribution in [2.45, 2.75) is 37.3 Å². The van der Waals surface area contributed by atoms with Gasteiger partial charge < -0.3 is 15.2 Å². The molecule has 2 N–H and O–H groups in total. The minimum absolute atomic E-state index is 0.0109. The van der Waals surface area contributed by atoms with Crippen molar-refractivity contribution in [1.29, 1.82) is 5.26 Å². The predicted molar refractivity (Wildman–Crippen MR) is 114 cm³/mol. The normalized spacial score (nSPS) is 30.3. The van der Waals surface area contributed by atoms with Gasteiger partial charge in [-0.3, -0.25) is 4.79 Å². The molecule has 5 atom stereocenters. The molecule has 2 aromatic carbocycles. The van der Waals surface area contributed by atoms with Crippen molar-refractivity contribution < 1.29 is 14.6 Å². The Morgan fingerprint density at radius 1 is 1.23 bits per heavy atom. The highest BCUT2D eigenvalue weighted by Crippen LogP contribution is 2.52. The fourth-order valence-electron chi connectivity index (χ4n) is 5.53. The van der Waals surface area contributed by atoms with Crippen LogP contribution < -0.4 is 10.1 Å². The van der Waals surface area contributed by atoms with Gasteiger partial charge in [-0.25, -0.2) is 0 Å². The Balaban J connectivity index is 1.65. The summed E-state index contributed by atoms with van der Waals surface area (Å²) in [6, 6.07) is 19.3. The minimum atomic E-state index is -1.13. The minimum Gasteiger partial charge on any atom is -0.496 e. The molecule has 0 bridgehead atoms. The molecule has 0 spiro atoms. The van der Waals surface area contributed by atoms with Crippen LogP contribution in [0.5, 0.6) is 5.75 Å². The third-order valence-electron chi connectivity index (χ3n) is 6.84. The van der Waals surface area contributed by atoms with Gasteiger partial charge >= 0.3 is 0 Å². The quantitative estimate of drug-likeness (QED) is 0.773. The number of nitriles is 1. The first-order valence-electron chi connectivity index (χ1n) is 10.6. The van der Waals surface area contributed by atoms with E-state index in [0.717, 1.165) is 17.5 Å². The van der Waals surface area contributed by atoms with E-state index in [2.05, 4.69) is 11.4 Å². The number of benzene rings is 2. The molecule has 1 saturated carbocycles. The zero-order chi connectivity index (χ0) is 21.1. The number of hydrogen-bond acceptors (Lipinski definition) is 5. The number of nitrogens with zero attached hydrogens (tertiary/aromatic N) is 1. The van der Waals surface area contributed by atoms with Crippen molar-refractivity contribution in [1.82, 2.24) is 5.32 Å². The van der Waals surface area contributed by atoms with Crippen molar-refractivity contribution in [3.63, 3.8) is 0 Å². The molecule has 5 nitrogen and oxygen atoms in total. The lowest BCUT2D eigenvalue weighted by Crippen LogP contribution is -2.48. The lowest BCUT2D eigenvalue weighted by atomic mass is 9.61. The largest absolute Gasteiger partial charge is 0.496 e. The lowest BCUT2D eigenvalue weighted by molar-refractivity contribution is -0.124. The lowest BCUT2D eigenvalue weighted by Gasteiger charge is -2.46. The first-order valence-corrected chi connectivity index (χ1v) is 10.6. The van der Waals surface area contributed by atoms with Crippen LogP contribution in [0, 0.1) is 29.1 Å². The van der Waals surface area contributed by atoms with Gasteiger partial charge in [0.1, 0.15) is 5.75 Å². The molecule has 1 aliphatic carbocycles. The second-order valence-corrected chi connectivity index (χ2v) is 8.58. The molecule has 30 heavy (non-hydrogen) atoms. The summed E-state index contributed by atoms with van der Waals surface area (Å²) in [6.07, 6.45) is 2.02. The number of carbonyl (C=O) groups is 1. The van der Waals surface area contributed by atoms with E-state index in [1.807, 2.05) is 54.6 Å². The molecule has 1 heterocycles. The molecule has 5 heteroatoms. The van der Waals surface area contributed by atoms with Gasteiger partial charge in [0, 0.05) is 30.9 Å². The van der Waals surface area contributed by atoms with Crippen molar-refractivity contribution in [2.75, 3.05) is 13.7 Å². The standard InChI is InChI=1S/C25H28N2O3/c1-30-23-10-6-5-9-20(23)25(29)15-18(11-12-26)13-19-21(25)16-27-24(19)22(28)14-17-7-3-2-4-8-17/h2-10,18-19,21,24,27,29H,11,13-16H2,1H3/t18-,19-,21-,24?,25-/m1/s1. The molecule has 0 radical (unpaired) electrons. The van der Waals surface area contributed by atoms with Crippen molar-refractivity contribution >= 4 is 5.78 Å². The van der Waals surface area contributed by atoms with Crippen LogP contribution in [0.3, 0.4) is 0 Å². The maximum Gasteiger partial charge on any atom is 0.154 e.